The van der Waals surface area contributed by atoms with Gasteiger partial charge in [-0.1, -0.05) is 75.9 Å². The summed E-state index contributed by atoms with van der Waals surface area (Å²) < 4.78 is 10.6. The van der Waals surface area contributed by atoms with Gasteiger partial charge in [-0.3, -0.25) is 4.79 Å². The lowest BCUT2D eigenvalue weighted by molar-refractivity contribution is -0.121. The van der Waals surface area contributed by atoms with Crippen molar-refractivity contribution in [2.75, 3.05) is 40.0 Å². The van der Waals surface area contributed by atoms with Crippen LogP contribution < -0.4 is 5.32 Å². The van der Waals surface area contributed by atoms with E-state index < -0.39 is 0 Å². The minimum absolute atomic E-state index is 0.143. The second kappa shape index (κ2) is 25.9. The van der Waals surface area contributed by atoms with Crippen molar-refractivity contribution in [3.05, 3.63) is 0 Å². The lowest BCUT2D eigenvalue weighted by atomic mass is 10.0. The second-order valence-electron chi connectivity index (χ2n) is 8.38. The fourth-order valence-electron chi connectivity index (χ4n) is 3.50. The summed E-state index contributed by atoms with van der Waals surface area (Å²) in [6, 6.07) is 0. The quantitative estimate of drug-likeness (QED) is 0.0785. The monoisotopic (exact) mass is 454 g/mol. The molecule has 0 heterocycles. The van der Waals surface area contributed by atoms with E-state index in [1.807, 2.05) is 13.8 Å². The minimum atomic E-state index is 0.143. The van der Waals surface area contributed by atoms with Crippen molar-refractivity contribution < 1.29 is 14.3 Å². The molecule has 0 radical (unpaired) electrons. The highest BCUT2D eigenvalue weighted by atomic mass is 16.5. The van der Waals surface area contributed by atoms with Crippen molar-refractivity contribution in [2.24, 2.45) is 15.4 Å². The van der Waals surface area contributed by atoms with Crippen molar-refractivity contribution in [1.82, 2.24) is 5.32 Å². The molecule has 0 saturated heterocycles. The summed E-state index contributed by atoms with van der Waals surface area (Å²) >= 11 is 0. The van der Waals surface area contributed by atoms with E-state index in [0.717, 1.165) is 25.0 Å². The molecular formula is C25H50N4O3. The molecule has 0 fully saturated rings. The fraction of sp³-hybridized carbons (Fsp3) is 0.920. The van der Waals surface area contributed by atoms with E-state index in [1.54, 1.807) is 7.05 Å². The number of hydrogen-bond donors (Lipinski definition) is 1. The lowest BCUT2D eigenvalue weighted by Crippen LogP contribution is -2.27. The van der Waals surface area contributed by atoms with Crippen LogP contribution in [-0.4, -0.2) is 51.6 Å². The molecule has 188 valence electrons. The zero-order chi connectivity index (χ0) is 23.5. The number of unbranched alkanes of at least 4 members (excludes halogenated alkanes) is 12. The van der Waals surface area contributed by atoms with Gasteiger partial charge in [0.15, 0.2) is 0 Å². The number of carbonyl (C=O) groups is 1. The van der Waals surface area contributed by atoms with Crippen LogP contribution in [-0.2, 0) is 14.3 Å². The van der Waals surface area contributed by atoms with Gasteiger partial charge in [-0.2, -0.15) is 5.11 Å². The summed E-state index contributed by atoms with van der Waals surface area (Å²) in [5, 5.41) is 14.2. The number of ether oxygens (including phenoxy) is 2. The number of nitrogens with one attached hydrogen (secondary N) is 1. The average Bonchev–Trinajstić information content (AvgIpc) is 2.79. The molecule has 0 saturated carbocycles. The minimum Gasteiger partial charge on any atom is -0.379 e. The summed E-state index contributed by atoms with van der Waals surface area (Å²) in [6.07, 6.45) is 18.3. The van der Waals surface area contributed by atoms with E-state index in [-0.39, 0.29) is 5.91 Å². The summed E-state index contributed by atoms with van der Waals surface area (Å²) in [5.74, 6) is 0.143. The molecule has 32 heavy (non-hydrogen) atoms. The number of carbonyl (C=O) groups excluding carboxylic acids is 1. The second-order valence-corrected chi connectivity index (χ2v) is 8.38. The van der Waals surface area contributed by atoms with Crippen LogP contribution in [0.5, 0.6) is 0 Å². The van der Waals surface area contributed by atoms with Gasteiger partial charge >= 0.3 is 0 Å². The maximum Gasteiger partial charge on any atom is 0.220 e. The van der Waals surface area contributed by atoms with Gasteiger partial charge in [0.25, 0.3) is 0 Å². The van der Waals surface area contributed by atoms with Gasteiger partial charge in [-0.25, -0.2) is 0 Å². The first-order valence-electron chi connectivity index (χ1n) is 12.9. The van der Waals surface area contributed by atoms with E-state index in [1.165, 1.54) is 70.6 Å². The predicted octanol–water partition coefficient (Wildman–Crippen LogP) is 6.47. The largest absolute Gasteiger partial charge is 0.379 e. The van der Waals surface area contributed by atoms with Gasteiger partial charge in [0.05, 0.1) is 26.9 Å². The average molecular weight is 455 g/mol. The lowest BCUT2D eigenvalue weighted by Gasteiger charge is -2.07. The molecule has 0 atom stereocenters. The van der Waals surface area contributed by atoms with Crippen molar-refractivity contribution in [3.8, 4) is 0 Å². The van der Waals surface area contributed by atoms with Crippen molar-refractivity contribution in [2.45, 2.75) is 110 Å². The molecule has 0 aromatic rings. The highest BCUT2D eigenvalue weighted by Crippen LogP contribution is 2.13. The third-order valence-electron chi connectivity index (χ3n) is 5.39. The molecule has 0 aromatic heterocycles. The Hall–Kier alpha value is -1.34. The molecule has 0 spiro atoms. The van der Waals surface area contributed by atoms with Crippen molar-refractivity contribution in [3.63, 3.8) is 0 Å². The molecule has 0 bridgehead atoms. The standard InChI is InChI=1S/C25H50N4O3/c1-4-31-22-23-32-21-20-27-25(30)19-17-15-13-11-9-7-5-6-8-10-12-14-16-18-24(2)28-29-26-3/h4-23H2,1-3H3,(H,27,30)/b28-24+,29-26?. The Labute approximate surface area is 197 Å². The molecule has 0 aromatic carbocycles. The number of nitrogens with zero attached hydrogens (tertiary/aromatic N) is 3. The predicted molar refractivity (Wildman–Crippen MR) is 133 cm³/mol. The Balaban J connectivity index is 3.21. The maximum atomic E-state index is 11.8. The molecule has 7 heteroatoms. The van der Waals surface area contributed by atoms with Crippen LogP contribution in [0, 0.1) is 0 Å². The molecule has 1 N–H and O–H groups in total. The van der Waals surface area contributed by atoms with Crippen LogP contribution in [0.2, 0.25) is 0 Å². The molecule has 0 unspecified atom stereocenters. The Morgan fingerprint density at radius 2 is 1.22 bits per heavy atom. The highest BCUT2D eigenvalue weighted by Gasteiger charge is 2.01. The zero-order valence-electron chi connectivity index (χ0n) is 21.2. The summed E-state index contributed by atoms with van der Waals surface area (Å²) in [4.78, 5) is 11.8. The van der Waals surface area contributed by atoms with E-state index in [4.69, 9.17) is 9.47 Å². The van der Waals surface area contributed by atoms with Gasteiger partial charge in [-0.15, -0.1) is 5.10 Å². The first kappa shape index (κ1) is 30.7. The van der Waals surface area contributed by atoms with Crippen LogP contribution in [0.1, 0.15) is 110 Å². The number of hydrogen-bond acceptors (Lipinski definition) is 5. The third-order valence-corrected chi connectivity index (χ3v) is 5.39. The first-order valence-corrected chi connectivity index (χ1v) is 12.9. The van der Waals surface area contributed by atoms with Crippen LogP contribution in [0.25, 0.3) is 0 Å². The Morgan fingerprint density at radius 3 is 1.75 bits per heavy atom. The third kappa shape index (κ3) is 24.9. The Bertz CT molecular complexity index is 470. The van der Waals surface area contributed by atoms with Crippen molar-refractivity contribution >= 4 is 11.6 Å². The topological polar surface area (TPSA) is 84.6 Å². The molecule has 7 nitrogen and oxygen atoms in total. The molecule has 0 aliphatic rings. The van der Waals surface area contributed by atoms with Gasteiger partial charge in [-0.05, 0) is 33.1 Å². The Morgan fingerprint density at radius 1 is 0.719 bits per heavy atom. The van der Waals surface area contributed by atoms with Gasteiger partial charge in [0.1, 0.15) is 0 Å². The highest BCUT2D eigenvalue weighted by molar-refractivity contribution is 5.81. The smallest absolute Gasteiger partial charge is 0.220 e. The zero-order valence-corrected chi connectivity index (χ0v) is 21.2. The van der Waals surface area contributed by atoms with Crippen molar-refractivity contribution in [1.29, 1.82) is 0 Å². The molecular weight excluding hydrogens is 404 g/mol. The summed E-state index contributed by atoms with van der Waals surface area (Å²) in [5.41, 5.74) is 1.08. The van der Waals surface area contributed by atoms with E-state index in [2.05, 4.69) is 20.8 Å². The van der Waals surface area contributed by atoms with E-state index >= 15 is 0 Å². The summed E-state index contributed by atoms with van der Waals surface area (Å²) in [6.45, 7) is 7.06. The van der Waals surface area contributed by atoms with Crippen LogP contribution in [0.4, 0.5) is 0 Å². The SMILES string of the molecule is CCOCCOCCNC(=O)CCCCCCCCCCCCCCC/C(C)=N/N=NC. The molecule has 0 aliphatic carbocycles. The van der Waals surface area contributed by atoms with Gasteiger partial charge in [0, 0.05) is 25.3 Å². The van der Waals surface area contributed by atoms with Crippen LogP contribution in [0.3, 0.4) is 0 Å². The maximum absolute atomic E-state index is 11.8. The van der Waals surface area contributed by atoms with E-state index in [9.17, 15) is 4.79 Å². The molecule has 0 rings (SSSR count). The molecule has 1 amide bonds. The van der Waals surface area contributed by atoms with Gasteiger partial charge in [0.2, 0.25) is 5.91 Å². The fourth-order valence-corrected chi connectivity index (χ4v) is 3.50. The van der Waals surface area contributed by atoms with Crippen LogP contribution >= 0.6 is 0 Å². The van der Waals surface area contributed by atoms with Gasteiger partial charge < -0.3 is 14.8 Å². The normalized spacial score (nSPS) is 12.0. The van der Waals surface area contributed by atoms with Crippen LogP contribution in [0.15, 0.2) is 15.4 Å². The number of amides is 1. The number of rotatable bonds is 24. The first-order chi connectivity index (χ1) is 15.7. The molecule has 0 aliphatic heterocycles. The van der Waals surface area contributed by atoms with E-state index in [0.29, 0.717) is 39.4 Å². The summed E-state index contributed by atoms with van der Waals surface area (Å²) in [7, 11) is 1.64. The Kier molecular flexibility index (Phi) is 24.8.